The van der Waals surface area contributed by atoms with Gasteiger partial charge in [0, 0.05) is 14.1 Å². The van der Waals surface area contributed by atoms with Gasteiger partial charge < -0.3 is 10.1 Å². The fourth-order valence-corrected chi connectivity index (χ4v) is 3.28. The molecule has 2 rings (SSSR count). The first-order valence-corrected chi connectivity index (χ1v) is 8.27. The lowest BCUT2D eigenvalue weighted by Gasteiger charge is -2.20. The van der Waals surface area contributed by atoms with Crippen molar-refractivity contribution in [1.82, 2.24) is 5.32 Å². The summed E-state index contributed by atoms with van der Waals surface area (Å²) in [6.07, 6.45) is 0.888. The molecule has 1 unspecified atom stereocenters. The fraction of sp³-hybridized carbons (Fsp3) is 0.250. The maximum absolute atomic E-state index is 5.44. The molecule has 0 saturated carbocycles. The lowest BCUT2D eigenvalue weighted by atomic mass is 9.98. The standard InChI is InChI=1S/C16H17BrINO/c1-19-15(13-10-12(18)7-8-14(13)17)9-11-5-3-4-6-16(11)20-2/h3-8,10,15,19H,9H2,1-2H3. The monoisotopic (exact) mass is 445 g/mol. The minimum absolute atomic E-state index is 0.246. The Labute approximate surface area is 142 Å². The first-order valence-electron chi connectivity index (χ1n) is 6.39. The summed E-state index contributed by atoms with van der Waals surface area (Å²) in [5.41, 5.74) is 2.48. The van der Waals surface area contributed by atoms with Crippen LogP contribution < -0.4 is 10.1 Å². The van der Waals surface area contributed by atoms with Crippen molar-refractivity contribution in [3.63, 3.8) is 0 Å². The molecule has 4 heteroatoms. The van der Waals surface area contributed by atoms with Gasteiger partial charge >= 0.3 is 0 Å². The summed E-state index contributed by atoms with van der Waals surface area (Å²) < 4.78 is 7.81. The molecule has 0 bridgehead atoms. The number of nitrogens with one attached hydrogen (secondary N) is 1. The molecule has 0 amide bonds. The van der Waals surface area contributed by atoms with Crippen molar-refractivity contribution in [1.29, 1.82) is 0 Å². The zero-order valence-corrected chi connectivity index (χ0v) is 15.2. The van der Waals surface area contributed by atoms with Crippen LogP contribution in [0.2, 0.25) is 0 Å². The van der Waals surface area contributed by atoms with E-state index >= 15 is 0 Å². The lowest BCUT2D eigenvalue weighted by molar-refractivity contribution is 0.406. The lowest BCUT2D eigenvalue weighted by Crippen LogP contribution is -2.19. The van der Waals surface area contributed by atoms with E-state index in [-0.39, 0.29) is 6.04 Å². The van der Waals surface area contributed by atoms with Crippen molar-refractivity contribution < 1.29 is 4.74 Å². The number of hydrogen-bond acceptors (Lipinski definition) is 2. The Balaban J connectivity index is 2.31. The molecule has 1 atom stereocenters. The van der Waals surface area contributed by atoms with Crippen LogP contribution >= 0.6 is 38.5 Å². The van der Waals surface area contributed by atoms with Gasteiger partial charge in [-0.25, -0.2) is 0 Å². The molecule has 0 spiro atoms. The number of hydrogen-bond donors (Lipinski definition) is 1. The maximum Gasteiger partial charge on any atom is 0.122 e. The van der Waals surface area contributed by atoms with Gasteiger partial charge in [0.2, 0.25) is 0 Å². The Morgan fingerprint density at radius 2 is 2.00 bits per heavy atom. The largest absolute Gasteiger partial charge is 0.496 e. The van der Waals surface area contributed by atoms with Crippen LogP contribution in [0.4, 0.5) is 0 Å². The highest BCUT2D eigenvalue weighted by molar-refractivity contribution is 14.1. The second-order valence-electron chi connectivity index (χ2n) is 4.52. The minimum atomic E-state index is 0.246. The molecule has 0 aliphatic rings. The van der Waals surface area contributed by atoms with Crippen molar-refractivity contribution in [3.05, 3.63) is 61.6 Å². The Hall–Kier alpha value is -0.590. The molecule has 106 valence electrons. The van der Waals surface area contributed by atoms with Crippen LogP contribution in [0.3, 0.4) is 0 Å². The Kier molecular flexibility index (Phi) is 5.86. The van der Waals surface area contributed by atoms with Crippen LogP contribution in [0.15, 0.2) is 46.9 Å². The molecule has 0 saturated heterocycles. The van der Waals surface area contributed by atoms with E-state index in [2.05, 4.69) is 68.1 Å². The first-order chi connectivity index (χ1) is 9.65. The second kappa shape index (κ2) is 7.43. The third kappa shape index (κ3) is 3.74. The van der Waals surface area contributed by atoms with Gasteiger partial charge in [0.15, 0.2) is 0 Å². The number of benzene rings is 2. The third-order valence-corrected chi connectivity index (χ3v) is 4.69. The zero-order valence-electron chi connectivity index (χ0n) is 11.5. The predicted octanol–water partition coefficient (Wildman–Crippen LogP) is 4.57. The van der Waals surface area contributed by atoms with E-state index in [9.17, 15) is 0 Å². The molecule has 0 heterocycles. The van der Waals surface area contributed by atoms with Crippen LogP contribution in [-0.4, -0.2) is 14.2 Å². The quantitative estimate of drug-likeness (QED) is 0.681. The number of para-hydroxylation sites is 1. The average Bonchev–Trinajstić information content (AvgIpc) is 2.48. The van der Waals surface area contributed by atoms with Gasteiger partial charge in [0.05, 0.1) is 7.11 Å². The first kappa shape index (κ1) is 15.8. The van der Waals surface area contributed by atoms with Crippen molar-refractivity contribution in [2.45, 2.75) is 12.5 Å². The van der Waals surface area contributed by atoms with Crippen molar-refractivity contribution >= 4 is 38.5 Å². The SMILES string of the molecule is CNC(Cc1ccccc1OC)c1cc(I)ccc1Br. The Morgan fingerprint density at radius 1 is 1.25 bits per heavy atom. The van der Waals surface area contributed by atoms with Crippen molar-refractivity contribution in [2.24, 2.45) is 0 Å². The fourth-order valence-electron chi connectivity index (χ4n) is 2.24. The van der Waals surface area contributed by atoms with Gasteiger partial charge in [0.25, 0.3) is 0 Å². The summed E-state index contributed by atoms with van der Waals surface area (Å²) in [7, 11) is 3.71. The Bertz CT molecular complexity index is 588. The summed E-state index contributed by atoms with van der Waals surface area (Å²) in [5, 5.41) is 3.40. The number of methoxy groups -OCH3 is 1. The molecular formula is C16H17BrINO. The van der Waals surface area contributed by atoms with Crippen LogP contribution in [0.1, 0.15) is 17.2 Å². The second-order valence-corrected chi connectivity index (χ2v) is 6.62. The van der Waals surface area contributed by atoms with Gasteiger partial charge in [0.1, 0.15) is 5.75 Å². The molecule has 2 aromatic carbocycles. The van der Waals surface area contributed by atoms with Gasteiger partial charge in [-0.3, -0.25) is 0 Å². The minimum Gasteiger partial charge on any atom is -0.496 e. The van der Waals surface area contributed by atoms with Crippen LogP contribution in [0, 0.1) is 3.57 Å². The summed E-state index contributed by atoms with van der Waals surface area (Å²) >= 11 is 5.99. The summed E-state index contributed by atoms with van der Waals surface area (Å²) in [6, 6.07) is 14.8. The molecule has 0 fully saturated rings. The number of ether oxygens (including phenoxy) is 1. The third-order valence-electron chi connectivity index (χ3n) is 3.30. The molecule has 0 aliphatic carbocycles. The number of halogens is 2. The molecule has 20 heavy (non-hydrogen) atoms. The summed E-state index contributed by atoms with van der Waals surface area (Å²) in [5.74, 6) is 0.939. The van der Waals surface area contributed by atoms with Crippen LogP contribution in [0.5, 0.6) is 5.75 Å². The number of rotatable bonds is 5. The molecule has 1 N–H and O–H groups in total. The van der Waals surface area contributed by atoms with Crippen molar-refractivity contribution in [3.8, 4) is 5.75 Å². The predicted molar refractivity (Wildman–Crippen MR) is 95.4 cm³/mol. The maximum atomic E-state index is 5.44. The topological polar surface area (TPSA) is 21.3 Å². The van der Waals surface area contributed by atoms with E-state index in [0.29, 0.717) is 0 Å². The van der Waals surface area contributed by atoms with E-state index in [1.165, 1.54) is 14.7 Å². The zero-order chi connectivity index (χ0) is 14.5. The molecule has 2 aromatic rings. The highest BCUT2D eigenvalue weighted by atomic mass is 127. The van der Waals surface area contributed by atoms with Gasteiger partial charge in [-0.2, -0.15) is 0 Å². The van der Waals surface area contributed by atoms with Gasteiger partial charge in [-0.15, -0.1) is 0 Å². The molecule has 2 nitrogen and oxygen atoms in total. The molecule has 0 aromatic heterocycles. The summed E-state index contributed by atoms with van der Waals surface area (Å²) in [4.78, 5) is 0. The normalized spacial score (nSPS) is 12.2. The molecular weight excluding hydrogens is 429 g/mol. The van der Waals surface area contributed by atoms with Gasteiger partial charge in [-0.1, -0.05) is 34.1 Å². The molecule has 0 radical (unpaired) electrons. The van der Waals surface area contributed by atoms with Gasteiger partial charge in [-0.05, 0) is 71.5 Å². The number of likely N-dealkylation sites (N-methyl/N-ethyl adjacent to an activating group) is 1. The van der Waals surface area contributed by atoms with Crippen molar-refractivity contribution in [2.75, 3.05) is 14.2 Å². The Morgan fingerprint density at radius 3 is 2.70 bits per heavy atom. The van der Waals surface area contributed by atoms with E-state index in [4.69, 9.17) is 4.74 Å². The van der Waals surface area contributed by atoms with E-state index < -0.39 is 0 Å². The average molecular weight is 446 g/mol. The van der Waals surface area contributed by atoms with Crippen LogP contribution in [0.25, 0.3) is 0 Å². The molecule has 0 aliphatic heterocycles. The van der Waals surface area contributed by atoms with E-state index in [1.54, 1.807) is 7.11 Å². The smallest absolute Gasteiger partial charge is 0.122 e. The van der Waals surface area contributed by atoms with E-state index in [0.717, 1.165) is 16.6 Å². The summed E-state index contributed by atoms with van der Waals surface area (Å²) in [6.45, 7) is 0. The van der Waals surface area contributed by atoms with Crippen LogP contribution in [-0.2, 0) is 6.42 Å². The van der Waals surface area contributed by atoms with E-state index in [1.807, 2.05) is 25.2 Å². The highest BCUT2D eigenvalue weighted by Crippen LogP contribution is 2.30. The highest BCUT2D eigenvalue weighted by Gasteiger charge is 2.15.